The van der Waals surface area contributed by atoms with Crippen molar-refractivity contribution >= 4 is 43.2 Å². The van der Waals surface area contributed by atoms with E-state index in [0.29, 0.717) is 6.61 Å². The molecule has 2 aromatic rings. The summed E-state index contributed by atoms with van der Waals surface area (Å²) in [6.45, 7) is 4.66. The fraction of sp³-hybridized carbons (Fsp3) is 0.400. The van der Waals surface area contributed by atoms with Gasteiger partial charge >= 0.3 is 0 Å². The number of thiazole rings is 1. The number of ether oxygens (including phenoxy) is 1. The van der Waals surface area contributed by atoms with Gasteiger partial charge in [0.15, 0.2) is 0 Å². The van der Waals surface area contributed by atoms with Crippen molar-refractivity contribution in [2.24, 2.45) is 5.73 Å². The summed E-state index contributed by atoms with van der Waals surface area (Å²) >= 11 is 8.83. The summed E-state index contributed by atoms with van der Waals surface area (Å²) in [6, 6.07) is 4.29. The van der Waals surface area contributed by atoms with Gasteiger partial charge in [0.25, 0.3) is 0 Å². The Kier molecular flexibility index (Phi) is 6.22. The van der Waals surface area contributed by atoms with Crippen molar-refractivity contribution in [3.05, 3.63) is 42.7 Å². The molecule has 0 saturated carbocycles. The van der Waals surface area contributed by atoms with Gasteiger partial charge < -0.3 is 10.5 Å². The molecule has 1 atom stereocenters. The SMILES string of the molecule is Cc1ncsc1CCOc1c(Br)cc(CC(C)N)cc1Br. The highest BCUT2D eigenvalue weighted by Gasteiger charge is 2.11. The molecule has 3 nitrogen and oxygen atoms in total. The highest BCUT2D eigenvalue weighted by atomic mass is 79.9. The smallest absolute Gasteiger partial charge is 0.147 e. The molecule has 0 aliphatic carbocycles. The first kappa shape index (κ1) is 16.9. The zero-order chi connectivity index (χ0) is 15.4. The predicted octanol–water partition coefficient (Wildman–Crippen LogP) is 4.49. The molecule has 0 fully saturated rings. The monoisotopic (exact) mass is 432 g/mol. The molecule has 1 heterocycles. The highest BCUT2D eigenvalue weighted by Crippen LogP contribution is 2.35. The Bertz CT molecular complexity index is 590. The number of hydrogen-bond donors (Lipinski definition) is 1. The Hall–Kier alpha value is -0.430. The zero-order valence-corrected chi connectivity index (χ0v) is 16.0. The summed E-state index contributed by atoms with van der Waals surface area (Å²) in [7, 11) is 0. The summed E-state index contributed by atoms with van der Waals surface area (Å²) < 4.78 is 7.81. The summed E-state index contributed by atoms with van der Waals surface area (Å²) in [6.07, 6.45) is 1.72. The van der Waals surface area contributed by atoms with E-state index in [1.54, 1.807) is 11.3 Å². The number of benzene rings is 1. The molecular formula is C15H18Br2N2OS. The van der Waals surface area contributed by atoms with Crippen LogP contribution in [-0.2, 0) is 12.8 Å². The Labute approximate surface area is 146 Å². The predicted molar refractivity (Wildman–Crippen MR) is 95.2 cm³/mol. The number of halogens is 2. The zero-order valence-electron chi connectivity index (χ0n) is 12.0. The summed E-state index contributed by atoms with van der Waals surface area (Å²) in [5.74, 6) is 0.839. The molecule has 0 radical (unpaired) electrons. The van der Waals surface area contributed by atoms with Crippen LogP contribution < -0.4 is 10.5 Å². The van der Waals surface area contributed by atoms with Crippen molar-refractivity contribution < 1.29 is 4.74 Å². The van der Waals surface area contributed by atoms with Gasteiger partial charge in [0.2, 0.25) is 0 Å². The third-order valence-electron chi connectivity index (χ3n) is 3.04. The number of aryl methyl sites for hydroxylation is 1. The molecule has 0 saturated heterocycles. The minimum absolute atomic E-state index is 0.143. The van der Waals surface area contributed by atoms with Crippen LogP contribution >= 0.6 is 43.2 Å². The van der Waals surface area contributed by atoms with Crippen LogP contribution in [0.25, 0.3) is 0 Å². The fourth-order valence-electron chi connectivity index (χ4n) is 2.05. The van der Waals surface area contributed by atoms with Gasteiger partial charge in [-0.25, -0.2) is 4.98 Å². The Morgan fingerprint density at radius 3 is 2.52 bits per heavy atom. The molecule has 0 amide bonds. The second-order valence-corrected chi connectivity index (χ2v) is 7.68. The number of rotatable bonds is 6. The van der Waals surface area contributed by atoms with E-state index in [1.165, 1.54) is 10.4 Å². The van der Waals surface area contributed by atoms with Crippen molar-refractivity contribution in [2.75, 3.05) is 6.61 Å². The third kappa shape index (κ3) is 4.77. The first-order valence-corrected chi connectivity index (χ1v) is 9.19. The van der Waals surface area contributed by atoms with Crippen molar-refractivity contribution in [1.29, 1.82) is 0 Å². The minimum atomic E-state index is 0.143. The van der Waals surface area contributed by atoms with Crippen LogP contribution in [0, 0.1) is 6.92 Å². The standard InChI is InChI=1S/C15H18Br2N2OS/c1-9(18)5-11-6-12(16)15(13(17)7-11)20-4-3-14-10(2)19-8-21-14/h6-9H,3-5,18H2,1-2H3. The largest absolute Gasteiger partial charge is 0.491 e. The summed E-state index contributed by atoms with van der Waals surface area (Å²) in [5, 5.41) is 0. The van der Waals surface area contributed by atoms with E-state index in [2.05, 4.69) is 49.0 Å². The average molecular weight is 434 g/mol. The molecule has 21 heavy (non-hydrogen) atoms. The topological polar surface area (TPSA) is 48.1 Å². The molecule has 0 spiro atoms. The average Bonchev–Trinajstić information content (AvgIpc) is 2.77. The fourth-order valence-corrected chi connectivity index (χ4v) is 4.32. The van der Waals surface area contributed by atoms with Gasteiger partial charge in [0.1, 0.15) is 5.75 Å². The molecule has 2 N–H and O–H groups in total. The molecule has 1 aromatic carbocycles. The van der Waals surface area contributed by atoms with E-state index in [-0.39, 0.29) is 6.04 Å². The summed E-state index contributed by atoms with van der Waals surface area (Å²) in [4.78, 5) is 5.52. The van der Waals surface area contributed by atoms with E-state index in [0.717, 1.165) is 33.2 Å². The third-order valence-corrected chi connectivity index (χ3v) is 5.21. The van der Waals surface area contributed by atoms with Gasteiger partial charge in [-0.05, 0) is 69.8 Å². The van der Waals surface area contributed by atoms with Crippen LogP contribution in [0.5, 0.6) is 5.75 Å². The second-order valence-electron chi connectivity index (χ2n) is 5.03. The number of aromatic nitrogens is 1. The van der Waals surface area contributed by atoms with Crippen molar-refractivity contribution in [2.45, 2.75) is 32.7 Å². The highest BCUT2D eigenvalue weighted by molar-refractivity contribution is 9.11. The van der Waals surface area contributed by atoms with Gasteiger partial charge in [-0.3, -0.25) is 0 Å². The minimum Gasteiger partial charge on any atom is -0.491 e. The number of nitrogens with two attached hydrogens (primary N) is 1. The number of nitrogens with zero attached hydrogens (tertiary/aromatic N) is 1. The molecular weight excluding hydrogens is 416 g/mol. The maximum absolute atomic E-state index is 5.91. The molecule has 0 aliphatic heterocycles. The van der Waals surface area contributed by atoms with Gasteiger partial charge in [-0.1, -0.05) is 0 Å². The first-order chi connectivity index (χ1) is 9.97. The van der Waals surface area contributed by atoms with E-state index < -0.39 is 0 Å². The van der Waals surface area contributed by atoms with E-state index in [1.807, 2.05) is 19.4 Å². The Morgan fingerprint density at radius 2 is 2.00 bits per heavy atom. The van der Waals surface area contributed by atoms with Crippen LogP contribution in [0.2, 0.25) is 0 Å². The van der Waals surface area contributed by atoms with Gasteiger partial charge in [0, 0.05) is 17.3 Å². The van der Waals surface area contributed by atoms with Crippen molar-refractivity contribution in [3.63, 3.8) is 0 Å². The molecule has 6 heteroatoms. The quantitative estimate of drug-likeness (QED) is 0.729. The Balaban J connectivity index is 2.01. The van der Waals surface area contributed by atoms with Crippen LogP contribution in [0.4, 0.5) is 0 Å². The van der Waals surface area contributed by atoms with Crippen LogP contribution in [-0.4, -0.2) is 17.6 Å². The van der Waals surface area contributed by atoms with Crippen molar-refractivity contribution in [1.82, 2.24) is 4.98 Å². The number of hydrogen-bond acceptors (Lipinski definition) is 4. The van der Waals surface area contributed by atoms with Gasteiger partial charge in [0.05, 0.1) is 26.8 Å². The molecule has 1 unspecified atom stereocenters. The lowest BCUT2D eigenvalue weighted by Crippen LogP contribution is -2.17. The van der Waals surface area contributed by atoms with Crippen LogP contribution in [0.3, 0.4) is 0 Å². The van der Waals surface area contributed by atoms with E-state index in [4.69, 9.17) is 10.5 Å². The molecule has 114 valence electrons. The van der Waals surface area contributed by atoms with Gasteiger partial charge in [-0.2, -0.15) is 0 Å². The maximum atomic E-state index is 5.91. The lowest BCUT2D eigenvalue weighted by atomic mass is 10.1. The summed E-state index contributed by atoms with van der Waals surface area (Å²) in [5.41, 5.74) is 10.00. The van der Waals surface area contributed by atoms with Crippen LogP contribution in [0.1, 0.15) is 23.1 Å². The maximum Gasteiger partial charge on any atom is 0.147 e. The van der Waals surface area contributed by atoms with Gasteiger partial charge in [-0.15, -0.1) is 11.3 Å². The van der Waals surface area contributed by atoms with Crippen LogP contribution in [0.15, 0.2) is 26.6 Å². The first-order valence-electron chi connectivity index (χ1n) is 6.72. The van der Waals surface area contributed by atoms with E-state index >= 15 is 0 Å². The Morgan fingerprint density at radius 1 is 1.33 bits per heavy atom. The molecule has 1 aromatic heterocycles. The van der Waals surface area contributed by atoms with E-state index in [9.17, 15) is 0 Å². The molecule has 2 rings (SSSR count). The lowest BCUT2D eigenvalue weighted by Gasteiger charge is -2.13. The normalized spacial score (nSPS) is 12.4. The van der Waals surface area contributed by atoms with Crippen molar-refractivity contribution in [3.8, 4) is 5.75 Å². The second kappa shape index (κ2) is 7.72. The molecule has 0 aliphatic rings. The lowest BCUT2D eigenvalue weighted by molar-refractivity contribution is 0.318. The molecule has 0 bridgehead atoms.